The minimum absolute atomic E-state index is 0.0506. The van der Waals surface area contributed by atoms with E-state index in [9.17, 15) is 9.59 Å². The van der Waals surface area contributed by atoms with Gasteiger partial charge in [-0.3, -0.25) is 14.5 Å². The van der Waals surface area contributed by atoms with Crippen LogP contribution in [-0.4, -0.2) is 28.2 Å². The maximum atomic E-state index is 11.2. The van der Waals surface area contributed by atoms with Crippen molar-refractivity contribution in [3.63, 3.8) is 0 Å². The number of nitrogens with two attached hydrogens (primary N) is 1. The Bertz CT molecular complexity index is 250. The van der Waals surface area contributed by atoms with E-state index in [1.807, 2.05) is 0 Å². The fourth-order valence-corrected chi connectivity index (χ4v) is 1.59. The van der Waals surface area contributed by atoms with Crippen molar-refractivity contribution < 1.29 is 9.59 Å². The summed E-state index contributed by atoms with van der Waals surface area (Å²) in [7, 11) is 0. The van der Waals surface area contributed by atoms with Crippen LogP contribution in [0.1, 0.15) is 32.1 Å². The molecule has 0 bridgehead atoms. The van der Waals surface area contributed by atoms with Crippen LogP contribution in [0, 0.1) is 0 Å². The number of imide groups is 1. The normalized spacial score (nSPS) is 16.4. The van der Waals surface area contributed by atoms with Crippen molar-refractivity contribution in [2.45, 2.75) is 32.1 Å². The summed E-state index contributed by atoms with van der Waals surface area (Å²) in [6.45, 7) is 0.514. The average Bonchev–Trinajstić information content (AvgIpc) is 2.42. The predicted octanol–water partition coefficient (Wildman–Crippen LogP) is 0.592. The number of hydrogen-bond acceptors (Lipinski definition) is 3. The van der Waals surface area contributed by atoms with Gasteiger partial charge >= 0.3 is 0 Å². The summed E-state index contributed by atoms with van der Waals surface area (Å²) >= 11 is 4.72. The molecule has 2 N–H and O–H groups in total. The minimum atomic E-state index is -0.0506. The molecule has 0 spiro atoms. The summed E-state index contributed by atoms with van der Waals surface area (Å²) < 4.78 is 0. The molecule has 78 valence electrons. The number of hydrogen-bond donors (Lipinski definition) is 1. The first-order valence-electron chi connectivity index (χ1n) is 4.73. The van der Waals surface area contributed by atoms with Gasteiger partial charge in [-0.1, -0.05) is 12.2 Å². The van der Waals surface area contributed by atoms with Crippen molar-refractivity contribution in [2.75, 3.05) is 6.54 Å². The van der Waals surface area contributed by atoms with Gasteiger partial charge in [0.2, 0.25) is 11.8 Å². The summed E-state index contributed by atoms with van der Waals surface area (Å²) in [4.78, 5) is 24.2. The zero-order chi connectivity index (χ0) is 10.6. The van der Waals surface area contributed by atoms with Crippen LogP contribution in [0.15, 0.2) is 0 Å². The molecule has 0 aliphatic carbocycles. The Balaban J connectivity index is 2.20. The Labute approximate surface area is 88.4 Å². The fourth-order valence-electron chi connectivity index (χ4n) is 1.44. The first-order chi connectivity index (χ1) is 6.61. The molecule has 1 heterocycles. The van der Waals surface area contributed by atoms with Crippen LogP contribution >= 0.6 is 12.2 Å². The van der Waals surface area contributed by atoms with E-state index >= 15 is 0 Å². The van der Waals surface area contributed by atoms with E-state index in [-0.39, 0.29) is 11.8 Å². The Hall–Kier alpha value is -0.970. The van der Waals surface area contributed by atoms with Crippen LogP contribution in [0.5, 0.6) is 0 Å². The number of unbranched alkanes of at least 4 members (excludes halogenated alkanes) is 1. The molecule has 5 heteroatoms. The highest BCUT2D eigenvalue weighted by Gasteiger charge is 2.27. The Morgan fingerprint density at radius 2 is 1.86 bits per heavy atom. The number of thiocarbonyl (C=S) groups is 1. The molecule has 0 aromatic heterocycles. The molecular weight excluding hydrogens is 200 g/mol. The van der Waals surface area contributed by atoms with Gasteiger partial charge < -0.3 is 5.73 Å². The molecule has 0 radical (unpaired) electrons. The third-order valence-corrected chi connectivity index (χ3v) is 2.41. The van der Waals surface area contributed by atoms with Gasteiger partial charge in [-0.05, 0) is 19.3 Å². The van der Waals surface area contributed by atoms with Crippen LogP contribution in [0.2, 0.25) is 0 Å². The van der Waals surface area contributed by atoms with Gasteiger partial charge in [0, 0.05) is 19.4 Å². The zero-order valence-electron chi connectivity index (χ0n) is 7.99. The van der Waals surface area contributed by atoms with Crippen molar-refractivity contribution in [1.29, 1.82) is 0 Å². The third-order valence-electron chi connectivity index (χ3n) is 2.21. The van der Waals surface area contributed by atoms with Crippen LogP contribution < -0.4 is 5.73 Å². The smallest absolute Gasteiger partial charge is 0.229 e. The number of carbonyl (C=O) groups excluding carboxylic acids is 2. The molecule has 0 atom stereocenters. The number of carbonyl (C=O) groups is 2. The molecular formula is C9H14N2O2S. The fraction of sp³-hybridized carbons (Fsp3) is 0.667. The van der Waals surface area contributed by atoms with Crippen LogP contribution in [0.4, 0.5) is 0 Å². The molecule has 1 aliphatic heterocycles. The quantitative estimate of drug-likeness (QED) is 0.413. The van der Waals surface area contributed by atoms with Gasteiger partial charge in [0.1, 0.15) is 0 Å². The van der Waals surface area contributed by atoms with Crippen LogP contribution in [0.3, 0.4) is 0 Å². The summed E-state index contributed by atoms with van der Waals surface area (Å²) in [5.41, 5.74) is 5.33. The van der Waals surface area contributed by atoms with Crippen molar-refractivity contribution in [1.82, 2.24) is 4.90 Å². The van der Waals surface area contributed by atoms with Crippen molar-refractivity contribution >= 4 is 29.0 Å². The number of likely N-dealkylation sites (tertiary alicyclic amines) is 1. The summed E-state index contributed by atoms with van der Waals surface area (Å²) in [6.07, 6.45) is 3.05. The largest absolute Gasteiger partial charge is 0.393 e. The zero-order valence-corrected chi connectivity index (χ0v) is 8.81. The Morgan fingerprint density at radius 1 is 1.29 bits per heavy atom. The van der Waals surface area contributed by atoms with Gasteiger partial charge in [-0.2, -0.15) is 0 Å². The summed E-state index contributed by atoms with van der Waals surface area (Å²) in [5.74, 6) is -0.101. The minimum Gasteiger partial charge on any atom is -0.393 e. The first-order valence-corrected chi connectivity index (χ1v) is 5.13. The molecule has 1 rings (SSSR count). The molecule has 0 saturated carbocycles. The lowest BCUT2D eigenvalue weighted by Gasteiger charge is -2.12. The van der Waals surface area contributed by atoms with Gasteiger partial charge in [0.05, 0.1) is 4.99 Å². The maximum Gasteiger partial charge on any atom is 0.229 e. The lowest BCUT2D eigenvalue weighted by atomic mass is 10.2. The van der Waals surface area contributed by atoms with Gasteiger partial charge in [-0.25, -0.2) is 0 Å². The highest BCUT2D eigenvalue weighted by atomic mass is 32.1. The molecule has 14 heavy (non-hydrogen) atoms. The summed E-state index contributed by atoms with van der Waals surface area (Å²) in [5, 5.41) is 0. The van der Waals surface area contributed by atoms with Gasteiger partial charge in [-0.15, -0.1) is 0 Å². The first kappa shape index (κ1) is 11.1. The summed E-state index contributed by atoms with van der Waals surface area (Å²) in [6, 6.07) is 0. The van der Waals surface area contributed by atoms with Crippen molar-refractivity contribution in [2.24, 2.45) is 5.73 Å². The molecule has 4 nitrogen and oxygen atoms in total. The monoisotopic (exact) mass is 214 g/mol. The van der Waals surface area contributed by atoms with Crippen molar-refractivity contribution in [3.8, 4) is 0 Å². The highest BCUT2D eigenvalue weighted by molar-refractivity contribution is 7.80. The van der Waals surface area contributed by atoms with E-state index in [2.05, 4.69) is 0 Å². The molecule has 0 aromatic rings. The van der Waals surface area contributed by atoms with Crippen molar-refractivity contribution in [3.05, 3.63) is 0 Å². The molecule has 1 fully saturated rings. The second-order valence-electron chi connectivity index (χ2n) is 3.36. The Kier molecular flexibility index (Phi) is 4.00. The van der Waals surface area contributed by atoms with E-state index in [0.29, 0.717) is 30.8 Å². The third kappa shape index (κ3) is 3.06. The second-order valence-corrected chi connectivity index (χ2v) is 3.89. The molecule has 0 aromatic carbocycles. The predicted molar refractivity (Wildman–Crippen MR) is 56.6 cm³/mol. The van der Waals surface area contributed by atoms with E-state index in [0.717, 1.165) is 12.8 Å². The van der Waals surface area contributed by atoms with E-state index < -0.39 is 0 Å². The maximum absolute atomic E-state index is 11.2. The SMILES string of the molecule is NC(=S)CCCCN1C(=O)CCC1=O. The number of rotatable bonds is 5. The number of nitrogens with zero attached hydrogens (tertiary/aromatic N) is 1. The molecule has 1 aliphatic rings. The lowest BCUT2D eigenvalue weighted by molar-refractivity contribution is -0.138. The van der Waals surface area contributed by atoms with Crippen LogP contribution in [-0.2, 0) is 9.59 Å². The molecule has 0 unspecified atom stereocenters. The molecule has 1 saturated heterocycles. The highest BCUT2D eigenvalue weighted by Crippen LogP contribution is 2.12. The number of amides is 2. The van der Waals surface area contributed by atoms with E-state index in [1.165, 1.54) is 4.90 Å². The Morgan fingerprint density at radius 3 is 2.36 bits per heavy atom. The lowest BCUT2D eigenvalue weighted by Crippen LogP contribution is -2.30. The van der Waals surface area contributed by atoms with E-state index in [1.54, 1.807) is 0 Å². The van der Waals surface area contributed by atoms with Gasteiger partial charge in [0.25, 0.3) is 0 Å². The topological polar surface area (TPSA) is 63.4 Å². The second kappa shape index (κ2) is 5.05. The van der Waals surface area contributed by atoms with E-state index in [4.69, 9.17) is 18.0 Å². The standard InChI is InChI=1S/C9H14N2O2S/c10-7(14)3-1-2-6-11-8(12)4-5-9(11)13/h1-6H2,(H2,10,14). The average molecular weight is 214 g/mol. The van der Waals surface area contributed by atoms with Gasteiger partial charge in [0.15, 0.2) is 0 Å². The molecule has 2 amide bonds. The van der Waals surface area contributed by atoms with Crippen LogP contribution in [0.25, 0.3) is 0 Å².